The van der Waals surface area contributed by atoms with Crippen LogP contribution >= 0.6 is 0 Å². The monoisotopic (exact) mass is 317 g/mol. The molecule has 1 aromatic rings. The van der Waals surface area contributed by atoms with Crippen LogP contribution < -0.4 is 10.1 Å². The van der Waals surface area contributed by atoms with Crippen LogP contribution in [0.15, 0.2) is 18.2 Å². The fourth-order valence-corrected chi connectivity index (χ4v) is 3.10. The average Bonchev–Trinajstić information content (AvgIpc) is 2.41. The summed E-state index contributed by atoms with van der Waals surface area (Å²) in [4.78, 5) is 0. The highest BCUT2D eigenvalue weighted by molar-refractivity contribution is 7.91. The summed E-state index contributed by atoms with van der Waals surface area (Å²) >= 11 is 0. The molecule has 0 atom stereocenters. The van der Waals surface area contributed by atoms with Crippen molar-refractivity contribution in [1.29, 1.82) is 0 Å². The standard InChI is InChI=1S/C15H24FNO3S/c1-3-8-17-12-13-6-5-7-14(16)15(13)20-9-11-21(18,19)10-4-2/h5-7,17H,3-4,8-12H2,1-2H3. The average molecular weight is 317 g/mol. The van der Waals surface area contributed by atoms with E-state index in [0.717, 1.165) is 13.0 Å². The summed E-state index contributed by atoms with van der Waals surface area (Å²) < 4.78 is 42.4. The Morgan fingerprint density at radius 3 is 2.62 bits per heavy atom. The number of benzene rings is 1. The molecule has 0 aliphatic carbocycles. The van der Waals surface area contributed by atoms with Crippen molar-refractivity contribution in [3.63, 3.8) is 0 Å². The van der Waals surface area contributed by atoms with Gasteiger partial charge in [-0.2, -0.15) is 0 Å². The van der Waals surface area contributed by atoms with E-state index in [9.17, 15) is 12.8 Å². The Labute approximate surface area is 126 Å². The molecule has 0 aliphatic heterocycles. The molecule has 0 fully saturated rings. The number of hydrogen-bond donors (Lipinski definition) is 1. The lowest BCUT2D eigenvalue weighted by Gasteiger charge is -2.13. The number of para-hydroxylation sites is 1. The first-order chi connectivity index (χ1) is 10.00. The van der Waals surface area contributed by atoms with Crippen molar-refractivity contribution in [1.82, 2.24) is 5.32 Å². The van der Waals surface area contributed by atoms with Crippen LogP contribution in [0.2, 0.25) is 0 Å². The van der Waals surface area contributed by atoms with Gasteiger partial charge in [-0.15, -0.1) is 0 Å². The highest BCUT2D eigenvalue weighted by atomic mass is 32.2. The van der Waals surface area contributed by atoms with Crippen molar-refractivity contribution in [2.45, 2.75) is 33.2 Å². The Bertz CT molecular complexity index is 532. The van der Waals surface area contributed by atoms with Gasteiger partial charge >= 0.3 is 0 Å². The maximum Gasteiger partial charge on any atom is 0.165 e. The molecule has 0 aliphatic rings. The van der Waals surface area contributed by atoms with Gasteiger partial charge in [-0.05, 0) is 25.5 Å². The van der Waals surface area contributed by atoms with Crippen molar-refractivity contribution in [2.24, 2.45) is 0 Å². The Morgan fingerprint density at radius 1 is 1.19 bits per heavy atom. The van der Waals surface area contributed by atoms with Crippen LogP contribution in [0.5, 0.6) is 5.75 Å². The second-order valence-electron chi connectivity index (χ2n) is 4.91. The van der Waals surface area contributed by atoms with E-state index in [-0.39, 0.29) is 23.9 Å². The lowest BCUT2D eigenvalue weighted by atomic mass is 10.2. The van der Waals surface area contributed by atoms with Crippen molar-refractivity contribution in [3.05, 3.63) is 29.6 Å². The Balaban J connectivity index is 2.65. The van der Waals surface area contributed by atoms with E-state index in [1.165, 1.54) is 6.07 Å². The SMILES string of the molecule is CCCNCc1cccc(F)c1OCCS(=O)(=O)CCC. The smallest absolute Gasteiger partial charge is 0.165 e. The van der Waals surface area contributed by atoms with Crippen molar-refractivity contribution in [3.8, 4) is 5.75 Å². The second-order valence-corrected chi connectivity index (χ2v) is 7.21. The fourth-order valence-electron chi connectivity index (χ4n) is 1.94. The predicted octanol–water partition coefficient (Wildman–Crippen LogP) is 2.53. The van der Waals surface area contributed by atoms with Crippen LogP contribution in [0.4, 0.5) is 4.39 Å². The van der Waals surface area contributed by atoms with Crippen LogP contribution in [-0.4, -0.2) is 33.1 Å². The van der Waals surface area contributed by atoms with Gasteiger partial charge in [-0.25, -0.2) is 12.8 Å². The highest BCUT2D eigenvalue weighted by Gasteiger charge is 2.13. The minimum absolute atomic E-state index is 0.0238. The van der Waals surface area contributed by atoms with E-state index < -0.39 is 15.7 Å². The molecular weight excluding hydrogens is 293 g/mol. The largest absolute Gasteiger partial charge is 0.489 e. The summed E-state index contributed by atoms with van der Waals surface area (Å²) in [5.74, 6) is -0.262. The molecule has 21 heavy (non-hydrogen) atoms. The molecular formula is C15H24FNO3S. The normalized spacial score (nSPS) is 11.6. The lowest BCUT2D eigenvalue weighted by Crippen LogP contribution is -2.19. The molecule has 0 spiro atoms. The molecule has 0 saturated heterocycles. The molecule has 4 nitrogen and oxygen atoms in total. The molecule has 0 bridgehead atoms. The Morgan fingerprint density at radius 2 is 1.95 bits per heavy atom. The van der Waals surface area contributed by atoms with E-state index in [2.05, 4.69) is 12.2 Å². The van der Waals surface area contributed by atoms with Gasteiger partial charge in [0, 0.05) is 12.1 Å². The summed E-state index contributed by atoms with van der Waals surface area (Å²) in [6, 6.07) is 4.72. The van der Waals surface area contributed by atoms with E-state index in [1.807, 2.05) is 6.92 Å². The van der Waals surface area contributed by atoms with E-state index >= 15 is 0 Å². The summed E-state index contributed by atoms with van der Waals surface area (Å²) in [5, 5.41) is 3.18. The number of sulfone groups is 1. The van der Waals surface area contributed by atoms with E-state index in [1.54, 1.807) is 12.1 Å². The molecule has 0 aromatic heterocycles. The van der Waals surface area contributed by atoms with Gasteiger partial charge in [-0.1, -0.05) is 26.0 Å². The Hall–Kier alpha value is -1.14. The van der Waals surface area contributed by atoms with Gasteiger partial charge in [0.25, 0.3) is 0 Å². The molecule has 1 N–H and O–H groups in total. The molecule has 1 aromatic carbocycles. The lowest BCUT2D eigenvalue weighted by molar-refractivity contribution is 0.317. The molecule has 0 heterocycles. The van der Waals surface area contributed by atoms with E-state index in [4.69, 9.17) is 4.74 Å². The minimum atomic E-state index is -3.11. The molecule has 6 heteroatoms. The maximum absolute atomic E-state index is 13.8. The minimum Gasteiger partial charge on any atom is -0.489 e. The maximum atomic E-state index is 13.8. The van der Waals surface area contributed by atoms with Crippen molar-refractivity contribution in [2.75, 3.05) is 24.7 Å². The Kier molecular flexibility index (Phi) is 7.67. The predicted molar refractivity (Wildman–Crippen MR) is 82.8 cm³/mol. The van der Waals surface area contributed by atoms with Crippen LogP contribution in [0.3, 0.4) is 0 Å². The number of nitrogens with one attached hydrogen (secondary N) is 1. The molecule has 0 radical (unpaired) electrons. The van der Waals surface area contributed by atoms with Gasteiger partial charge in [-0.3, -0.25) is 0 Å². The third-order valence-corrected chi connectivity index (χ3v) is 4.77. The van der Waals surface area contributed by atoms with Crippen molar-refractivity contribution < 1.29 is 17.5 Å². The van der Waals surface area contributed by atoms with E-state index in [0.29, 0.717) is 18.5 Å². The number of hydrogen-bond acceptors (Lipinski definition) is 4. The van der Waals surface area contributed by atoms with Gasteiger partial charge in [0.05, 0.1) is 11.5 Å². The van der Waals surface area contributed by atoms with Gasteiger partial charge in [0.1, 0.15) is 6.61 Å². The molecule has 1 rings (SSSR count). The van der Waals surface area contributed by atoms with Gasteiger partial charge in [0.15, 0.2) is 21.4 Å². The third-order valence-electron chi connectivity index (χ3n) is 2.95. The summed E-state index contributed by atoms with van der Waals surface area (Å²) in [5.41, 5.74) is 0.705. The molecule has 0 saturated carbocycles. The summed E-state index contributed by atoms with van der Waals surface area (Å²) in [6.07, 6.45) is 1.56. The van der Waals surface area contributed by atoms with Crippen LogP contribution in [-0.2, 0) is 16.4 Å². The summed E-state index contributed by atoms with van der Waals surface area (Å²) in [6.45, 7) is 5.18. The zero-order valence-electron chi connectivity index (χ0n) is 12.7. The first-order valence-electron chi connectivity index (χ1n) is 7.31. The second kappa shape index (κ2) is 9.00. The van der Waals surface area contributed by atoms with Gasteiger partial charge in [0.2, 0.25) is 0 Å². The van der Waals surface area contributed by atoms with Crippen LogP contribution in [0.25, 0.3) is 0 Å². The van der Waals surface area contributed by atoms with Gasteiger partial charge < -0.3 is 10.1 Å². The number of halogens is 1. The quantitative estimate of drug-likeness (QED) is 0.674. The molecule has 120 valence electrons. The van der Waals surface area contributed by atoms with Crippen LogP contribution in [0, 0.1) is 5.82 Å². The number of rotatable bonds is 10. The zero-order valence-corrected chi connectivity index (χ0v) is 13.5. The molecule has 0 amide bonds. The van der Waals surface area contributed by atoms with Crippen LogP contribution in [0.1, 0.15) is 32.3 Å². The summed E-state index contributed by atoms with van der Waals surface area (Å²) in [7, 11) is -3.11. The highest BCUT2D eigenvalue weighted by Crippen LogP contribution is 2.22. The first-order valence-corrected chi connectivity index (χ1v) is 9.13. The third kappa shape index (κ3) is 6.44. The fraction of sp³-hybridized carbons (Fsp3) is 0.600. The number of ether oxygens (including phenoxy) is 1. The zero-order chi connectivity index (χ0) is 15.7. The topological polar surface area (TPSA) is 55.4 Å². The first kappa shape index (κ1) is 17.9. The van der Waals surface area contributed by atoms with Crippen molar-refractivity contribution >= 4 is 9.84 Å². The molecule has 0 unspecified atom stereocenters.